The monoisotopic (exact) mass is 294 g/mol. The zero-order valence-corrected chi connectivity index (χ0v) is 13.6. The highest BCUT2D eigenvalue weighted by Crippen LogP contribution is 2.31. The summed E-state index contributed by atoms with van der Waals surface area (Å²) in [5, 5.41) is 17.5. The fourth-order valence-corrected chi connectivity index (χ4v) is 1.18. The summed E-state index contributed by atoms with van der Waals surface area (Å²) in [4.78, 5) is 21.3. The molecule has 4 heteroatoms. The Bertz CT molecular complexity index is 449. The van der Waals surface area contributed by atoms with E-state index in [-0.39, 0.29) is 12.0 Å². The van der Waals surface area contributed by atoms with Gasteiger partial charge in [0.2, 0.25) is 0 Å². The molecule has 118 valence electrons. The number of allylic oxidation sites excluding steroid dienone is 4. The van der Waals surface area contributed by atoms with Crippen molar-refractivity contribution in [2.75, 3.05) is 0 Å². The van der Waals surface area contributed by atoms with Gasteiger partial charge in [-0.3, -0.25) is 4.79 Å². The van der Waals surface area contributed by atoms with Crippen LogP contribution >= 0.6 is 0 Å². The van der Waals surface area contributed by atoms with Gasteiger partial charge in [-0.25, -0.2) is 4.79 Å². The number of aliphatic carboxylic acids is 2. The summed E-state index contributed by atoms with van der Waals surface area (Å²) in [6.07, 6.45) is 4.43. The Labute approximate surface area is 127 Å². The molecular weight excluding hydrogens is 268 g/mol. The molecule has 0 heterocycles. The molecule has 0 aromatic heterocycles. The molecule has 0 saturated carbocycles. The molecule has 0 bridgehead atoms. The summed E-state index contributed by atoms with van der Waals surface area (Å²) in [5.74, 6) is -2.06. The molecule has 1 aliphatic carbocycles. The fraction of sp³-hybridized carbons (Fsp3) is 0.412. The second-order valence-electron chi connectivity index (χ2n) is 5.67. The quantitative estimate of drug-likeness (QED) is 0.748. The zero-order valence-electron chi connectivity index (χ0n) is 13.6. The molecule has 0 spiro atoms. The Morgan fingerprint density at radius 2 is 1.48 bits per heavy atom. The van der Waals surface area contributed by atoms with Gasteiger partial charge < -0.3 is 10.2 Å². The molecule has 0 aliphatic heterocycles. The minimum atomic E-state index is -1.08. The first-order chi connectivity index (χ1) is 9.42. The van der Waals surface area contributed by atoms with Gasteiger partial charge in [-0.15, -0.1) is 13.2 Å². The minimum absolute atomic E-state index is 0.0359. The van der Waals surface area contributed by atoms with Gasteiger partial charge in [-0.1, -0.05) is 29.4 Å². The number of carbonyl (C=O) groups is 2. The van der Waals surface area contributed by atoms with Crippen LogP contribution in [0.3, 0.4) is 0 Å². The standard InChI is InChI=1S/C9H10O4.2C4H8/c1-9(8(12)13)4-2-3-6(5-9)7(10)11;2*1-4(2)3/h2-4H,5H2,1H3,(H,10,11)(H,12,13);2*1H2,2-3H3. The van der Waals surface area contributed by atoms with E-state index in [0.29, 0.717) is 0 Å². The summed E-state index contributed by atoms with van der Waals surface area (Å²) in [7, 11) is 0. The van der Waals surface area contributed by atoms with E-state index in [1.165, 1.54) is 36.3 Å². The van der Waals surface area contributed by atoms with Crippen molar-refractivity contribution in [2.24, 2.45) is 5.41 Å². The third-order valence-corrected chi connectivity index (χ3v) is 2.08. The van der Waals surface area contributed by atoms with Gasteiger partial charge in [-0.05, 0) is 41.0 Å². The van der Waals surface area contributed by atoms with Crippen LogP contribution in [0, 0.1) is 5.41 Å². The maximum Gasteiger partial charge on any atom is 0.331 e. The lowest BCUT2D eigenvalue weighted by molar-refractivity contribution is -0.145. The molecule has 21 heavy (non-hydrogen) atoms. The maximum absolute atomic E-state index is 10.8. The summed E-state index contributed by atoms with van der Waals surface area (Å²) < 4.78 is 0. The van der Waals surface area contributed by atoms with Crippen molar-refractivity contribution in [3.05, 3.63) is 48.1 Å². The number of carboxylic acid groups (broad SMARTS) is 2. The largest absolute Gasteiger partial charge is 0.481 e. The zero-order chi connectivity index (χ0) is 17.2. The number of carboxylic acids is 2. The minimum Gasteiger partial charge on any atom is -0.481 e. The van der Waals surface area contributed by atoms with Gasteiger partial charge in [0.1, 0.15) is 0 Å². The Morgan fingerprint density at radius 3 is 1.76 bits per heavy atom. The van der Waals surface area contributed by atoms with Gasteiger partial charge in [0.05, 0.1) is 5.41 Å². The Hall–Kier alpha value is -2.10. The molecule has 1 atom stereocenters. The van der Waals surface area contributed by atoms with E-state index in [1.54, 1.807) is 0 Å². The fourth-order valence-electron chi connectivity index (χ4n) is 1.18. The average molecular weight is 294 g/mol. The second kappa shape index (κ2) is 9.75. The molecule has 0 aromatic carbocycles. The first-order valence-electron chi connectivity index (χ1n) is 6.51. The number of hydrogen-bond donors (Lipinski definition) is 2. The van der Waals surface area contributed by atoms with Gasteiger partial charge in [0.15, 0.2) is 0 Å². The van der Waals surface area contributed by atoms with Gasteiger partial charge in [-0.2, -0.15) is 0 Å². The highest BCUT2D eigenvalue weighted by atomic mass is 16.4. The molecule has 1 aliphatic rings. The van der Waals surface area contributed by atoms with Gasteiger partial charge >= 0.3 is 11.9 Å². The topological polar surface area (TPSA) is 74.6 Å². The summed E-state index contributed by atoms with van der Waals surface area (Å²) >= 11 is 0. The van der Waals surface area contributed by atoms with Crippen molar-refractivity contribution < 1.29 is 19.8 Å². The molecule has 0 radical (unpaired) electrons. The number of rotatable bonds is 2. The molecular formula is C17H26O4. The molecule has 2 N–H and O–H groups in total. The van der Waals surface area contributed by atoms with Crippen molar-refractivity contribution in [1.82, 2.24) is 0 Å². The SMILES string of the molecule is C=C(C)C.C=C(C)C.CC1(C(=O)O)C=CC=C(C(=O)O)C1. The summed E-state index contributed by atoms with van der Waals surface area (Å²) in [6.45, 7) is 16.5. The molecule has 0 saturated heterocycles. The normalized spacial score (nSPS) is 19.0. The number of hydrogen-bond acceptors (Lipinski definition) is 2. The molecule has 0 fully saturated rings. The highest BCUT2D eigenvalue weighted by Gasteiger charge is 2.34. The van der Waals surface area contributed by atoms with Crippen LogP contribution in [0.15, 0.2) is 48.1 Å². The lowest BCUT2D eigenvalue weighted by atomic mass is 9.80. The molecule has 4 nitrogen and oxygen atoms in total. The molecule has 1 unspecified atom stereocenters. The van der Waals surface area contributed by atoms with Crippen molar-refractivity contribution in [3.8, 4) is 0 Å². The molecule has 1 rings (SSSR count). The van der Waals surface area contributed by atoms with Crippen LogP contribution in [0.4, 0.5) is 0 Å². The Balaban J connectivity index is 0. The predicted octanol–water partition coefficient (Wildman–Crippen LogP) is 4.21. The van der Waals surface area contributed by atoms with Crippen LogP contribution in [0.25, 0.3) is 0 Å². The van der Waals surface area contributed by atoms with Gasteiger partial charge in [0, 0.05) is 5.57 Å². The van der Waals surface area contributed by atoms with Crippen LogP contribution in [-0.2, 0) is 9.59 Å². The lowest BCUT2D eigenvalue weighted by Gasteiger charge is -2.23. The summed E-state index contributed by atoms with van der Waals surface area (Å²) in [6, 6.07) is 0. The van der Waals surface area contributed by atoms with E-state index < -0.39 is 17.4 Å². The van der Waals surface area contributed by atoms with Crippen LogP contribution < -0.4 is 0 Å². The van der Waals surface area contributed by atoms with Crippen LogP contribution in [0.5, 0.6) is 0 Å². The lowest BCUT2D eigenvalue weighted by Crippen LogP contribution is -2.28. The third kappa shape index (κ3) is 11.4. The first kappa shape index (κ1) is 21.2. The maximum atomic E-state index is 10.8. The van der Waals surface area contributed by atoms with E-state index in [1.807, 2.05) is 27.7 Å². The Kier molecular flexibility index (Phi) is 9.84. The predicted molar refractivity (Wildman–Crippen MR) is 86.2 cm³/mol. The van der Waals surface area contributed by atoms with Crippen molar-refractivity contribution >= 4 is 11.9 Å². The van der Waals surface area contributed by atoms with Crippen molar-refractivity contribution in [2.45, 2.75) is 41.0 Å². The van der Waals surface area contributed by atoms with Gasteiger partial charge in [0.25, 0.3) is 0 Å². The van der Waals surface area contributed by atoms with Crippen LogP contribution in [0.2, 0.25) is 0 Å². The van der Waals surface area contributed by atoms with Crippen molar-refractivity contribution in [1.29, 1.82) is 0 Å². The molecule has 0 aromatic rings. The van der Waals surface area contributed by atoms with E-state index >= 15 is 0 Å². The van der Waals surface area contributed by atoms with E-state index in [9.17, 15) is 9.59 Å². The van der Waals surface area contributed by atoms with E-state index in [2.05, 4.69) is 13.2 Å². The second-order valence-corrected chi connectivity index (χ2v) is 5.67. The van der Waals surface area contributed by atoms with E-state index in [4.69, 9.17) is 10.2 Å². The first-order valence-corrected chi connectivity index (χ1v) is 6.51. The third-order valence-electron chi connectivity index (χ3n) is 2.08. The molecule has 0 amide bonds. The summed E-state index contributed by atoms with van der Waals surface area (Å²) in [5.41, 5.74) is 1.38. The highest BCUT2D eigenvalue weighted by molar-refractivity contribution is 5.90. The van der Waals surface area contributed by atoms with Crippen LogP contribution in [-0.4, -0.2) is 22.2 Å². The average Bonchev–Trinajstić information content (AvgIpc) is 2.27. The van der Waals surface area contributed by atoms with Crippen molar-refractivity contribution in [3.63, 3.8) is 0 Å². The smallest absolute Gasteiger partial charge is 0.331 e. The van der Waals surface area contributed by atoms with Crippen LogP contribution in [0.1, 0.15) is 41.0 Å². The Morgan fingerprint density at radius 1 is 1.10 bits per heavy atom. The van der Waals surface area contributed by atoms with E-state index in [0.717, 1.165) is 0 Å².